The van der Waals surface area contributed by atoms with E-state index in [1.807, 2.05) is 12.1 Å². The van der Waals surface area contributed by atoms with Crippen molar-refractivity contribution in [2.45, 2.75) is 18.9 Å². The van der Waals surface area contributed by atoms with Crippen LogP contribution in [0.1, 0.15) is 28.7 Å². The third-order valence-electron chi connectivity index (χ3n) is 3.10. The topological polar surface area (TPSA) is 31.9 Å². The number of pyridine rings is 1. The Kier molecular flexibility index (Phi) is 1.80. The number of hydrogen-bond donors (Lipinski definition) is 1. The lowest BCUT2D eigenvalue weighted by Gasteiger charge is -2.17. The van der Waals surface area contributed by atoms with E-state index in [1.165, 1.54) is 0 Å². The predicted molar refractivity (Wildman–Crippen MR) is 68.4 cm³/mol. The lowest BCUT2D eigenvalue weighted by atomic mass is 10.1. The average molecular weight is 283 g/mol. The summed E-state index contributed by atoms with van der Waals surface area (Å²) in [5.74, 6) is 0. The number of nitrogens with zero attached hydrogens (tertiary/aromatic N) is 2. The van der Waals surface area contributed by atoms with Gasteiger partial charge in [-0.1, -0.05) is 0 Å². The van der Waals surface area contributed by atoms with Crippen molar-refractivity contribution in [1.82, 2.24) is 14.9 Å². The molecule has 16 heavy (non-hydrogen) atoms. The molecule has 3 nitrogen and oxygen atoms in total. The van der Waals surface area contributed by atoms with Crippen LogP contribution >= 0.6 is 15.9 Å². The highest BCUT2D eigenvalue weighted by Gasteiger charge is 2.23. The van der Waals surface area contributed by atoms with Crippen LogP contribution in [0.25, 0.3) is 10.9 Å². The number of aromatic nitrogens is 2. The van der Waals surface area contributed by atoms with Gasteiger partial charge in [-0.05, 0) is 54.4 Å². The molecule has 1 fully saturated rings. The fraction of sp³-hybridized carbons (Fsp3) is 0.417. The summed E-state index contributed by atoms with van der Waals surface area (Å²) in [7, 11) is 0. The van der Waals surface area contributed by atoms with E-state index in [0.29, 0.717) is 6.54 Å². The average Bonchev–Trinajstić information content (AvgIpc) is 2.92. The Labute approximate surface area is 107 Å². The second kappa shape index (κ2) is 3.86. The lowest BCUT2D eigenvalue weighted by Crippen LogP contribution is -2.17. The van der Waals surface area contributed by atoms with Crippen molar-refractivity contribution in [3.8, 4) is 0 Å². The van der Waals surface area contributed by atoms with Gasteiger partial charge in [-0.25, -0.2) is 4.98 Å². The van der Waals surface area contributed by atoms with Gasteiger partial charge in [0, 0.05) is 32.9 Å². The van der Waals surface area contributed by atoms with Crippen molar-refractivity contribution < 1.29 is 4.11 Å². The second-order valence-electron chi connectivity index (χ2n) is 4.17. The van der Waals surface area contributed by atoms with E-state index in [9.17, 15) is 0 Å². The Balaban J connectivity index is 1.99. The molecule has 1 aliphatic rings. The normalized spacial score (nSPS) is 25.6. The molecule has 84 valence electrons. The van der Waals surface area contributed by atoms with Crippen molar-refractivity contribution >= 4 is 26.8 Å². The minimum atomic E-state index is -2.03. The Bertz CT molecular complexity index is 608. The molecule has 0 amide bonds. The van der Waals surface area contributed by atoms with Gasteiger partial charge in [0.2, 0.25) is 0 Å². The monoisotopic (exact) mass is 282 g/mol. The first-order chi connectivity index (χ1) is 8.95. The number of rotatable bonds is 1. The van der Waals surface area contributed by atoms with Gasteiger partial charge in [0.15, 0.2) is 0 Å². The molecule has 3 rings (SSSR count). The first-order valence-electron chi connectivity index (χ1n) is 6.86. The number of H-pyrrole nitrogens is 1. The summed E-state index contributed by atoms with van der Waals surface area (Å²) in [5, 5.41) is 1.01. The molecule has 0 radical (unpaired) electrons. The highest BCUT2D eigenvalue weighted by atomic mass is 79.9. The summed E-state index contributed by atoms with van der Waals surface area (Å²) >= 11 is 3.34. The predicted octanol–water partition coefficient (Wildman–Crippen LogP) is 3.09. The molecule has 1 N–H and O–H groups in total. The second-order valence-corrected chi connectivity index (χ2v) is 4.98. The molecule has 2 aromatic rings. The van der Waals surface area contributed by atoms with Crippen molar-refractivity contribution in [2.75, 3.05) is 13.5 Å². The zero-order valence-electron chi connectivity index (χ0n) is 11.7. The van der Waals surface area contributed by atoms with Gasteiger partial charge < -0.3 is 4.98 Å². The molecule has 1 saturated heterocycles. The fourth-order valence-corrected chi connectivity index (χ4v) is 2.62. The zero-order valence-corrected chi connectivity index (χ0v) is 10.3. The maximum atomic E-state index is 7.60. The van der Waals surface area contributed by atoms with E-state index in [-0.39, 0.29) is 6.04 Å². The molecule has 3 heterocycles. The van der Waals surface area contributed by atoms with Gasteiger partial charge in [-0.2, -0.15) is 0 Å². The summed E-state index contributed by atoms with van der Waals surface area (Å²) < 4.78 is 23.6. The van der Waals surface area contributed by atoms with Crippen molar-refractivity contribution in [1.29, 1.82) is 0 Å². The molecule has 0 bridgehead atoms. The maximum absolute atomic E-state index is 7.60. The van der Waals surface area contributed by atoms with Gasteiger partial charge in [0.25, 0.3) is 0 Å². The maximum Gasteiger partial charge on any atom is 0.108 e. The number of halogens is 1. The van der Waals surface area contributed by atoms with E-state index < -0.39 is 6.98 Å². The molecule has 0 saturated carbocycles. The van der Waals surface area contributed by atoms with Crippen LogP contribution in [0.15, 0.2) is 22.9 Å². The molecule has 1 aliphatic heterocycles. The first-order valence-corrected chi connectivity index (χ1v) is 6.15. The molecule has 0 aliphatic carbocycles. The molecular weight excluding hydrogens is 266 g/mol. The Morgan fingerprint density at radius 1 is 1.62 bits per heavy atom. The Morgan fingerprint density at radius 3 is 3.44 bits per heavy atom. The largest absolute Gasteiger partial charge is 0.357 e. The number of nitrogens with one attached hydrogen (secondary N) is 1. The van der Waals surface area contributed by atoms with Crippen molar-refractivity contribution in [2.24, 2.45) is 0 Å². The van der Waals surface area contributed by atoms with Crippen molar-refractivity contribution in [3.63, 3.8) is 0 Å². The van der Waals surface area contributed by atoms with Crippen molar-refractivity contribution in [3.05, 3.63) is 28.6 Å². The highest BCUT2D eigenvalue weighted by molar-refractivity contribution is 9.10. The Morgan fingerprint density at radius 2 is 2.56 bits per heavy atom. The smallest absolute Gasteiger partial charge is 0.108 e. The van der Waals surface area contributed by atoms with Gasteiger partial charge >= 0.3 is 0 Å². The summed E-state index contributed by atoms with van der Waals surface area (Å²) in [6.45, 7) is -1.41. The van der Waals surface area contributed by atoms with Crippen LogP contribution in [-0.2, 0) is 0 Å². The minimum Gasteiger partial charge on any atom is -0.357 e. The van der Waals surface area contributed by atoms with Crippen LogP contribution in [0.3, 0.4) is 0 Å². The van der Waals surface area contributed by atoms with Crippen LogP contribution < -0.4 is 0 Å². The van der Waals surface area contributed by atoms with Gasteiger partial charge in [-0.3, -0.25) is 4.90 Å². The van der Waals surface area contributed by atoms with E-state index >= 15 is 0 Å². The van der Waals surface area contributed by atoms with Crippen LogP contribution in [0.4, 0.5) is 0 Å². The molecule has 0 aromatic carbocycles. The molecule has 2 aromatic heterocycles. The molecule has 0 spiro atoms. The number of hydrogen-bond acceptors (Lipinski definition) is 2. The van der Waals surface area contributed by atoms with E-state index in [1.54, 1.807) is 11.1 Å². The highest BCUT2D eigenvalue weighted by Crippen LogP contribution is 2.31. The number of fused-ring (bicyclic) bond motifs is 1. The molecule has 0 unspecified atom stereocenters. The first kappa shape index (κ1) is 7.45. The number of likely N-dealkylation sites (tertiary alicyclic amines) is 1. The SMILES string of the molecule is [2H]C([2H])([2H])N1CCC[C@@H]1c1cc2cnc(Br)cc2[nH]1. The zero-order chi connectivity index (χ0) is 13.6. The van der Waals surface area contributed by atoms with E-state index in [2.05, 4.69) is 25.9 Å². The fourth-order valence-electron chi connectivity index (χ4n) is 2.29. The summed E-state index contributed by atoms with van der Waals surface area (Å²) in [6, 6.07) is 3.86. The van der Waals surface area contributed by atoms with Crippen LogP contribution in [0.5, 0.6) is 0 Å². The van der Waals surface area contributed by atoms with Crippen LogP contribution in [-0.4, -0.2) is 28.4 Å². The van der Waals surface area contributed by atoms with Crippen LogP contribution in [0, 0.1) is 0 Å². The summed E-state index contributed by atoms with van der Waals surface area (Å²) in [6.07, 6.45) is 3.58. The molecule has 4 heteroatoms. The third-order valence-corrected chi connectivity index (χ3v) is 3.54. The van der Waals surface area contributed by atoms with Gasteiger partial charge in [0.05, 0.1) is 0 Å². The molecule has 1 atom stereocenters. The molecular formula is C12H14BrN3. The Hall–Kier alpha value is -0.870. The summed E-state index contributed by atoms with van der Waals surface area (Å²) in [5.41, 5.74) is 1.94. The quantitative estimate of drug-likeness (QED) is 0.816. The summed E-state index contributed by atoms with van der Waals surface area (Å²) in [4.78, 5) is 9.10. The van der Waals surface area contributed by atoms with Gasteiger partial charge in [0.1, 0.15) is 4.60 Å². The van der Waals surface area contributed by atoms with Gasteiger partial charge in [-0.15, -0.1) is 0 Å². The van der Waals surface area contributed by atoms with E-state index in [4.69, 9.17) is 4.11 Å². The standard InChI is InChI=1S/C12H14BrN3/c1-16-4-2-3-11(16)10-5-8-7-14-12(13)6-9(8)15-10/h5-7,11,15H,2-4H2,1H3/t11-/m1/s1/i1D3. The third kappa shape index (κ3) is 1.66. The number of aromatic amines is 1. The van der Waals surface area contributed by atoms with Crippen LogP contribution in [0.2, 0.25) is 0 Å². The lowest BCUT2D eigenvalue weighted by molar-refractivity contribution is 0.313. The van der Waals surface area contributed by atoms with E-state index in [0.717, 1.165) is 34.0 Å². The minimum absolute atomic E-state index is 0.0568.